The van der Waals surface area contributed by atoms with Crippen LogP contribution in [0.2, 0.25) is 0 Å². The van der Waals surface area contributed by atoms with Gasteiger partial charge < -0.3 is 20.2 Å². The Balaban J connectivity index is 2.61. The lowest BCUT2D eigenvalue weighted by Crippen LogP contribution is -2.57. The minimum Gasteiger partial charge on any atom is -0.480 e. The highest BCUT2D eigenvalue weighted by Crippen LogP contribution is 2.29. The molecular formula is C15H29N3O3. The van der Waals surface area contributed by atoms with Gasteiger partial charge in [0.05, 0.1) is 0 Å². The van der Waals surface area contributed by atoms with Crippen molar-refractivity contribution in [2.45, 2.75) is 46.1 Å². The van der Waals surface area contributed by atoms with Gasteiger partial charge in [-0.1, -0.05) is 6.92 Å². The number of carbonyl (C=O) groups excluding carboxylic acids is 1. The fourth-order valence-electron chi connectivity index (χ4n) is 2.63. The van der Waals surface area contributed by atoms with Gasteiger partial charge in [-0.05, 0) is 59.2 Å². The number of amides is 2. The zero-order chi connectivity index (χ0) is 16.3. The van der Waals surface area contributed by atoms with Crippen LogP contribution >= 0.6 is 0 Å². The predicted octanol–water partition coefficient (Wildman–Crippen LogP) is 1.61. The van der Waals surface area contributed by atoms with Gasteiger partial charge >= 0.3 is 12.0 Å². The normalized spacial score (nSPS) is 19.1. The van der Waals surface area contributed by atoms with Crippen molar-refractivity contribution in [3.63, 3.8) is 0 Å². The summed E-state index contributed by atoms with van der Waals surface area (Å²) in [6.07, 6.45) is 2.08. The van der Waals surface area contributed by atoms with Crippen LogP contribution in [-0.4, -0.2) is 65.7 Å². The van der Waals surface area contributed by atoms with Crippen LogP contribution in [0.4, 0.5) is 4.79 Å². The average molecular weight is 299 g/mol. The van der Waals surface area contributed by atoms with Crippen LogP contribution in [0.25, 0.3) is 0 Å². The number of hydrogen-bond donors (Lipinski definition) is 2. The first-order chi connectivity index (χ1) is 9.62. The van der Waals surface area contributed by atoms with Gasteiger partial charge in [-0.25, -0.2) is 9.59 Å². The molecule has 0 unspecified atom stereocenters. The van der Waals surface area contributed by atoms with E-state index in [-0.39, 0.29) is 11.4 Å². The van der Waals surface area contributed by atoms with E-state index in [4.69, 9.17) is 0 Å². The fraction of sp³-hybridized carbons (Fsp3) is 0.867. The summed E-state index contributed by atoms with van der Waals surface area (Å²) in [5, 5.41) is 12.2. The summed E-state index contributed by atoms with van der Waals surface area (Å²) >= 11 is 0. The molecule has 0 aromatic carbocycles. The molecule has 1 fully saturated rings. The molecule has 21 heavy (non-hydrogen) atoms. The van der Waals surface area contributed by atoms with Gasteiger partial charge in [0.2, 0.25) is 0 Å². The molecule has 1 aliphatic heterocycles. The number of carboxylic acid groups (broad SMARTS) is 1. The van der Waals surface area contributed by atoms with E-state index in [1.165, 1.54) is 4.90 Å². The molecule has 1 aliphatic rings. The van der Waals surface area contributed by atoms with Crippen molar-refractivity contribution in [3.8, 4) is 0 Å². The molecule has 0 bridgehead atoms. The van der Waals surface area contributed by atoms with Gasteiger partial charge in [0, 0.05) is 13.1 Å². The van der Waals surface area contributed by atoms with Crippen LogP contribution in [0.15, 0.2) is 0 Å². The van der Waals surface area contributed by atoms with E-state index in [2.05, 4.69) is 24.2 Å². The van der Waals surface area contributed by atoms with Crippen molar-refractivity contribution in [2.75, 3.05) is 33.2 Å². The summed E-state index contributed by atoms with van der Waals surface area (Å²) in [4.78, 5) is 27.3. The summed E-state index contributed by atoms with van der Waals surface area (Å²) < 4.78 is 0. The molecule has 0 aromatic heterocycles. The van der Waals surface area contributed by atoms with Crippen molar-refractivity contribution in [2.24, 2.45) is 5.41 Å². The van der Waals surface area contributed by atoms with E-state index in [9.17, 15) is 14.7 Å². The molecule has 0 aromatic rings. The zero-order valence-electron chi connectivity index (χ0n) is 13.9. The summed E-state index contributed by atoms with van der Waals surface area (Å²) in [6, 6.07) is -0.301. The minimum absolute atomic E-state index is 0.0922. The van der Waals surface area contributed by atoms with E-state index in [1.54, 1.807) is 20.8 Å². The molecule has 1 rings (SSSR count). The van der Waals surface area contributed by atoms with Crippen LogP contribution in [0.1, 0.15) is 40.5 Å². The van der Waals surface area contributed by atoms with E-state index in [1.807, 2.05) is 0 Å². The largest absolute Gasteiger partial charge is 0.480 e. The number of carboxylic acids is 1. The number of piperidine rings is 1. The highest BCUT2D eigenvalue weighted by molar-refractivity contribution is 5.85. The van der Waals surface area contributed by atoms with Crippen LogP contribution in [0.5, 0.6) is 0 Å². The van der Waals surface area contributed by atoms with Crippen molar-refractivity contribution < 1.29 is 14.7 Å². The first kappa shape index (κ1) is 17.8. The monoisotopic (exact) mass is 299 g/mol. The molecule has 122 valence electrons. The van der Waals surface area contributed by atoms with Crippen LogP contribution in [0.3, 0.4) is 0 Å². The van der Waals surface area contributed by atoms with Crippen LogP contribution < -0.4 is 5.32 Å². The topological polar surface area (TPSA) is 72.9 Å². The summed E-state index contributed by atoms with van der Waals surface area (Å²) in [6.45, 7) is 10.1. The number of aliphatic carboxylic acids is 1. The summed E-state index contributed by atoms with van der Waals surface area (Å²) in [5.41, 5.74) is -1.11. The van der Waals surface area contributed by atoms with Crippen molar-refractivity contribution in [1.29, 1.82) is 0 Å². The molecule has 0 saturated carbocycles. The molecule has 1 heterocycles. The number of rotatable bonds is 5. The third-order valence-electron chi connectivity index (χ3n) is 4.62. The van der Waals surface area contributed by atoms with E-state index in [0.29, 0.717) is 13.1 Å². The smallest absolute Gasteiger partial charge is 0.329 e. The second-order valence-corrected chi connectivity index (χ2v) is 6.88. The number of carbonyl (C=O) groups is 2. The second-order valence-electron chi connectivity index (χ2n) is 6.88. The molecule has 2 N–H and O–H groups in total. The maximum absolute atomic E-state index is 12.3. The van der Waals surface area contributed by atoms with Gasteiger partial charge in [-0.15, -0.1) is 0 Å². The molecule has 0 radical (unpaired) electrons. The lowest BCUT2D eigenvalue weighted by molar-refractivity contribution is -0.147. The summed E-state index contributed by atoms with van der Waals surface area (Å²) in [7, 11) is 2.10. The second kappa shape index (κ2) is 6.64. The first-order valence-corrected chi connectivity index (χ1v) is 7.60. The number of urea groups is 1. The third-order valence-corrected chi connectivity index (χ3v) is 4.62. The maximum atomic E-state index is 12.3. The Labute approximate surface area is 127 Å². The Kier molecular flexibility index (Phi) is 5.61. The average Bonchev–Trinajstić information content (AvgIpc) is 2.41. The van der Waals surface area contributed by atoms with Gasteiger partial charge in [0.25, 0.3) is 0 Å². The number of nitrogens with zero attached hydrogens (tertiary/aromatic N) is 2. The van der Waals surface area contributed by atoms with Gasteiger partial charge in [-0.2, -0.15) is 0 Å². The molecule has 0 aliphatic carbocycles. The minimum atomic E-state index is -1.20. The standard InChI is InChI=1S/C15H29N3O3/c1-6-18(14(2,3)12(19)20)13(21)16-11-15(4)7-9-17(5)10-8-15/h6-11H2,1-5H3,(H,16,21)(H,19,20). The van der Waals surface area contributed by atoms with Crippen molar-refractivity contribution in [1.82, 2.24) is 15.1 Å². The van der Waals surface area contributed by atoms with Crippen LogP contribution in [-0.2, 0) is 4.79 Å². The first-order valence-electron chi connectivity index (χ1n) is 7.60. The number of likely N-dealkylation sites (N-methyl/N-ethyl adjacent to an activating group) is 1. The van der Waals surface area contributed by atoms with Gasteiger partial charge in [-0.3, -0.25) is 0 Å². The highest BCUT2D eigenvalue weighted by Gasteiger charge is 2.38. The molecule has 1 saturated heterocycles. The van der Waals surface area contributed by atoms with Gasteiger partial charge in [0.1, 0.15) is 5.54 Å². The Bertz CT molecular complexity index is 388. The van der Waals surface area contributed by atoms with Crippen molar-refractivity contribution >= 4 is 12.0 Å². The number of likely N-dealkylation sites (tertiary alicyclic amines) is 1. The van der Waals surface area contributed by atoms with E-state index >= 15 is 0 Å². The molecule has 0 atom stereocenters. The maximum Gasteiger partial charge on any atom is 0.329 e. The lowest BCUT2D eigenvalue weighted by Gasteiger charge is -2.39. The Morgan fingerprint density at radius 3 is 2.29 bits per heavy atom. The zero-order valence-corrected chi connectivity index (χ0v) is 13.9. The molecule has 0 spiro atoms. The third kappa shape index (κ3) is 4.33. The van der Waals surface area contributed by atoms with Crippen LogP contribution in [0, 0.1) is 5.41 Å². The molecular weight excluding hydrogens is 270 g/mol. The fourth-order valence-corrected chi connectivity index (χ4v) is 2.63. The molecule has 2 amide bonds. The molecule has 6 heteroatoms. The Morgan fingerprint density at radius 1 is 1.33 bits per heavy atom. The lowest BCUT2D eigenvalue weighted by atomic mass is 9.80. The van der Waals surface area contributed by atoms with Crippen molar-refractivity contribution in [3.05, 3.63) is 0 Å². The van der Waals surface area contributed by atoms with Gasteiger partial charge in [0.15, 0.2) is 0 Å². The predicted molar refractivity (Wildman–Crippen MR) is 82.3 cm³/mol. The highest BCUT2D eigenvalue weighted by atomic mass is 16.4. The molecule has 6 nitrogen and oxygen atoms in total. The van der Waals surface area contributed by atoms with E-state index in [0.717, 1.165) is 25.9 Å². The SMILES string of the molecule is CCN(C(=O)NCC1(C)CCN(C)CC1)C(C)(C)C(=O)O. The summed E-state index contributed by atoms with van der Waals surface area (Å²) in [5.74, 6) is -0.995. The Morgan fingerprint density at radius 2 is 1.86 bits per heavy atom. The van der Waals surface area contributed by atoms with E-state index < -0.39 is 11.5 Å². The number of nitrogens with one attached hydrogen (secondary N) is 1. The number of hydrogen-bond acceptors (Lipinski definition) is 3. The quantitative estimate of drug-likeness (QED) is 0.809. The Hall–Kier alpha value is -1.30.